The molecule has 0 bridgehead atoms. The summed E-state index contributed by atoms with van der Waals surface area (Å²) in [6, 6.07) is 8.95. The van der Waals surface area contributed by atoms with Gasteiger partial charge in [0.2, 0.25) is 0 Å². The van der Waals surface area contributed by atoms with Crippen molar-refractivity contribution in [2.75, 3.05) is 39.0 Å². The fourth-order valence-electron chi connectivity index (χ4n) is 6.04. The van der Waals surface area contributed by atoms with Gasteiger partial charge >= 0.3 is 0 Å². The third-order valence-electron chi connectivity index (χ3n) is 8.39. The minimum Gasteiger partial charge on any atom is -0.304 e. The van der Waals surface area contributed by atoms with Crippen LogP contribution in [0.25, 0.3) is 16.9 Å². The number of imidazole rings is 1. The van der Waals surface area contributed by atoms with Crippen molar-refractivity contribution in [1.82, 2.24) is 19.2 Å². The molecule has 2 saturated heterocycles. The summed E-state index contributed by atoms with van der Waals surface area (Å²) in [5, 5.41) is 0. The fourth-order valence-corrected chi connectivity index (χ4v) is 6.67. The van der Waals surface area contributed by atoms with Gasteiger partial charge in [-0.05, 0) is 100 Å². The molecular formula is C28H35FN4O2S. The SMILES string of the molecule is CS(=O)(=O)c1ccc(-c2cn3cc(C4CCN(C5CCN(CC6CC6)CC5)CC4)cc(F)c3n2)cc1. The van der Waals surface area contributed by atoms with E-state index in [1.807, 2.05) is 12.4 Å². The van der Waals surface area contributed by atoms with Crippen LogP contribution in [0.4, 0.5) is 4.39 Å². The summed E-state index contributed by atoms with van der Waals surface area (Å²) in [5.41, 5.74) is 2.74. The number of nitrogens with zero attached hydrogens (tertiary/aromatic N) is 4. The molecule has 192 valence electrons. The lowest BCUT2D eigenvalue weighted by Crippen LogP contribution is -2.47. The second-order valence-corrected chi connectivity index (χ2v) is 13.1. The fraction of sp³-hybridized carbons (Fsp3) is 0.536. The maximum Gasteiger partial charge on any atom is 0.175 e. The standard InChI is InChI=1S/C28H35FN4O2S/c1-36(34,35)25-6-4-22(5-7-25)27-19-33-18-23(16-26(29)28(33)30-27)21-8-14-32(15-9-21)24-10-12-31(13-11-24)17-20-2-3-20/h4-7,16,18-21,24H,2-3,8-15,17H2,1H3. The summed E-state index contributed by atoms with van der Waals surface area (Å²) in [5.74, 6) is 1.02. The van der Waals surface area contributed by atoms with Crippen molar-refractivity contribution in [1.29, 1.82) is 0 Å². The average molecular weight is 511 g/mol. The van der Waals surface area contributed by atoms with Crippen LogP contribution in [0.2, 0.25) is 0 Å². The Morgan fingerprint density at radius 3 is 2.28 bits per heavy atom. The van der Waals surface area contributed by atoms with Crippen molar-refractivity contribution >= 4 is 15.5 Å². The second-order valence-electron chi connectivity index (χ2n) is 11.1. The minimum absolute atomic E-state index is 0.263. The Morgan fingerprint density at radius 2 is 1.64 bits per heavy atom. The monoisotopic (exact) mass is 510 g/mol. The lowest BCUT2D eigenvalue weighted by molar-refractivity contribution is 0.0855. The van der Waals surface area contributed by atoms with E-state index >= 15 is 4.39 Å². The Bertz CT molecular complexity index is 1330. The number of benzene rings is 1. The molecule has 0 N–H and O–H groups in total. The maximum absolute atomic E-state index is 15.1. The Balaban J connectivity index is 1.11. The van der Waals surface area contributed by atoms with Crippen LogP contribution in [-0.2, 0) is 9.84 Å². The van der Waals surface area contributed by atoms with Gasteiger partial charge in [-0.3, -0.25) is 0 Å². The van der Waals surface area contributed by atoms with E-state index in [-0.39, 0.29) is 10.7 Å². The molecule has 36 heavy (non-hydrogen) atoms. The number of halogens is 1. The smallest absolute Gasteiger partial charge is 0.175 e. The largest absolute Gasteiger partial charge is 0.304 e. The van der Waals surface area contributed by atoms with E-state index in [2.05, 4.69) is 14.8 Å². The second kappa shape index (κ2) is 9.54. The lowest BCUT2D eigenvalue weighted by atomic mass is 9.88. The number of rotatable bonds is 6. The predicted octanol–water partition coefficient (Wildman–Crippen LogP) is 4.60. The maximum atomic E-state index is 15.1. The van der Waals surface area contributed by atoms with E-state index in [9.17, 15) is 8.42 Å². The van der Waals surface area contributed by atoms with Gasteiger partial charge in [0.1, 0.15) is 0 Å². The molecule has 4 heterocycles. The summed E-state index contributed by atoms with van der Waals surface area (Å²) in [4.78, 5) is 10.1. The first-order valence-corrected chi connectivity index (χ1v) is 15.2. The Labute approximate surface area is 213 Å². The normalized spacial score (nSPS) is 21.4. The van der Waals surface area contributed by atoms with Crippen LogP contribution in [0.3, 0.4) is 0 Å². The summed E-state index contributed by atoms with van der Waals surface area (Å²) in [6.45, 7) is 5.95. The molecule has 1 saturated carbocycles. The lowest BCUT2D eigenvalue weighted by Gasteiger charge is -2.42. The molecule has 0 unspecified atom stereocenters. The van der Waals surface area contributed by atoms with Gasteiger partial charge in [0.05, 0.1) is 10.6 Å². The predicted molar refractivity (Wildman–Crippen MR) is 139 cm³/mol. The molecule has 0 amide bonds. The molecule has 1 aliphatic carbocycles. The highest BCUT2D eigenvalue weighted by Crippen LogP contribution is 2.34. The first kappa shape index (κ1) is 24.1. The van der Waals surface area contributed by atoms with E-state index in [0.29, 0.717) is 23.3 Å². The molecule has 3 aromatic rings. The topological polar surface area (TPSA) is 57.9 Å². The summed E-state index contributed by atoms with van der Waals surface area (Å²) < 4.78 is 40.3. The highest BCUT2D eigenvalue weighted by atomic mass is 32.2. The van der Waals surface area contributed by atoms with E-state index in [0.717, 1.165) is 43.0 Å². The molecule has 2 aliphatic heterocycles. The van der Waals surface area contributed by atoms with Crippen molar-refractivity contribution in [3.05, 3.63) is 54.1 Å². The van der Waals surface area contributed by atoms with Crippen LogP contribution >= 0.6 is 0 Å². The van der Waals surface area contributed by atoms with Crippen LogP contribution in [0.15, 0.2) is 47.6 Å². The minimum atomic E-state index is -3.26. The first-order chi connectivity index (χ1) is 17.3. The third-order valence-corrected chi connectivity index (χ3v) is 9.52. The molecule has 0 spiro atoms. The molecular weight excluding hydrogens is 475 g/mol. The number of likely N-dealkylation sites (tertiary alicyclic amines) is 2. The number of sulfone groups is 1. The van der Waals surface area contributed by atoms with E-state index in [1.165, 1.54) is 51.6 Å². The van der Waals surface area contributed by atoms with Gasteiger partial charge in [0, 0.05) is 36.8 Å². The number of pyridine rings is 1. The van der Waals surface area contributed by atoms with Crippen molar-refractivity contribution in [3.63, 3.8) is 0 Å². The van der Waals surface area contributed by atoms with Crippen LogP contribution < -0.4 is 0 Å². The Kier molecular flexibility index (Phi) is 6.38. The zero-order chi connectivity index (χ0) is 24.9. The van der Waals surface area contributed by atoms with Crippen LogP contribution in [0, 0.1) is 11.7 Å². The first-order valence-electron chi connectivity index (χ1n) is 13.3. The van der Waals surface area contributed by atoms with Crippen molar-refractivity contribution in [2.24, 2.45) is 5.92 Å². The molecule has 2 aromatic heterocycles. The Morgan fingerprint density at radius 1 is 0.944 bits per heavy atom. The van der Waals surface area contributed by atoms with Gasteiger partial charge in [-0.15, -0.1) is 0 Å². The average Bonchev–Trinajstić information content (AvgIpc) is 3.58. The van der Waals surface area contributed by atoms with E-state index < -0.39 is 9.84 Å². The molecule has 3 fully saturated rings. The zero-order valence-electron chi connectivity index (χ0n) is 20.9. The Hall–Kier alpha value is -2.29. The molecule has 3 aliphatic rings. The molecule has 8 heteroatoms. The summed E-state index contributed by atoms with van der Waals surface area (Å²) in [6.07, 6.45) is 12.6. The third kappa shape index (κ3) is 5.08. The van der Waals surface area contributed by atoms with Gasteiger partial charge in [0.15, 0.2) is 21.3 Å². The van der Waals surface area contributed by atoms with Crippen LogP contribution in [0.1, 0.15) is 50.0 Å². The molecule has 0 radical (unpaired) electrons. The number of fused-ring (bicyclic) bond motifs is 1. The van der Waals surface area contributed by atoms with Crippen molar-refractivity contribution in [3.8, 4) is 11.3 Å². The number of aromatic nitrogens is 2. The van der Waals surface area contributed by atoms with Crippen LogP contribution in [-0.4, -0.2) is 72.6 Å². The molecule has 0 atom stereocenters. The number of hydrogen-bond donors (Lipinski definition) is 0. The van der Waals surface area contributed by atoms with E-state index in [1.54, 1.807) is 34.7 Å². The number of hydrogen-bond acceptors (Lipinski definition) is 5. The highest BCUT2D eigenvalue weighted by molar-refractivity contribution is 7.90. The summed E-state index contributed by atoms with van der Waals surface area (Å²) in [7, 11) is -3.26. The molecule has 6 rings (SSSR count). The van der Waals surface area contributed by atoms with Gasteiger partial charge in [-0.25, -0.2) is 17.8 Å². The van der Waals surface area contributed by atoms with Crippen molar-refractivity contribution < 1.29 is 12.8 Å². The van der Waals surface area contributed by atoms with Gasteiger partial charge in [-0.2, -0.15) is 0 Å². The van der Waals surface area contributed by atoms with Gasteiger partial charge in [-0.1, -0.05) is 12.1 Å². The summed E-state index contributed by atoms with van der Waals surface area (Å²) >= 11 is 0. The number of piperidine rings is 2. The van der Waals surface area contributed by atoms with Gasteiger partial charge in [0.25, 0.3) is 0 Å². The van der Waals surface area contributed by atoms with Crippen LogP contribution in [0.5, 0.6) is 0 Å². The quantitative estimate of drug-likeness (QED) is 0.485. The zero-order valence-corrected chi connectivity index (χ0v) is 21.8. The van der Waals surface area contributed by atoms with Crippen molar-refractivity contribution in [2.45, 2.75) is 55.4 Å². The highest BCUT2D eigenvalue weighted by Gasteiger charge is 2.31. The molecule has 1 aromatic carbocycles. The van der Waals surface area contributed by atoms with Gasteiger partial charge < -0.3 is 14.2 Å². The molecule has 6 nitrogen and oxygen atoms in total. The van der Waals surface area contributed by atoms with E-state index in [4.69, 9.17) is 0 Å².